The van der Waals surface area contributed by atoms with Gasteiger partial charge in [0.05, 0.1) is 36.6 Å². The number of benzene rings is 1. The Balaban J connectivity index is 2.42. The van der Waals surface area contributed by atoms with E-state index in [4.69, 9.17) is 9.47 Å². The molecule has 2 unspecified atom stereocenters. The van der Waals surface area contributed by atoms with Crippen molar-refractivity contribution in [1.29, 1.82) is 0 Å². The Hall–Kier alpha value is -3.61. The number of aromatic nitrogens is 1. The second-order valence-electron chi connectivity index (χ2n) is 8.63. The van der Waals surface area contributed by atoms with Crippen LogP contribution in [-0.2, 0) is 9.53 Å². The van der Waals surface area contributed by atoms with Gasteiger partial charge >= 0.3 is 6.09 Å². The molecule has 2 N–H and O–H groups in total. The number of alkyl carbamates (subject to hydrolysis) is 1. The van der Waals surface area contributed by atoms with Crippen molar-refractivity contribution in [1.82, 2.24) is 10.3 Å². The number of rotatable bonds is 9. The van der Waals surface area contributed by atoms with Crippen LogP contribution < -0.4 is 15.4 Å². The third-order valence-electron chi connectivity index (χ3n) is 4.78. The Morgan fingerprint density at radius 2 is 1.94 bits per heavy atom. The van der Waals surface area contributed by atoms with Crippen molar-refractivity contribution in [3.8, 4) is 17.0 Å². The van der Waals surface area contributed by atoms with E-state index in [-0.39, 0.29) is 17.9 Å². The third kappa shape index (κ3) is 7.49. The van der Waals surface area contributed by atoms with Gasteiger partial charge in [-0.15, -0.1) is 13.2 Å². The molecule has 1 heterocycles. The predicted octanol–water partition coefficient (Wildman–Crippen LogP) is 5.66. The van der Waals surface area contributed by atoms with Crippen LogP contribution in [0.25, 0.3) is 11.3 Å². The summed E-state index contributed by atoms with van der Waals surface area (Å²) >= 11 is 0. The molecule has 0 aliphatic rings. The van der Waals surface area contributed by atoms with Crippen molar-refractivity contribution in [3.63, 3.8) is 0 Å². The summed E-state index contributed by atoms with van der Waals surface area (Å²) in [4.78, 5) is 29.4. The Bertz CT molecular complexity index is 1010. The summed E-state index contributed by atoms with van der Waals surface area (Å²) < 4.78 is 10.7. The lowest BCUT2D eigenvalue weighted by Gasteiger charge is -2.23. The number of carbonyl (C=O) groups excluding carboxylic acids is 2. The van der Waals surface area contributed by atoms with E-state index in [2.05, 4.69) is 28.8 Å². The molecule has 0 saturated heterocycles. The lowest BCUT2D eigenvalue weighted by atomic mass is 9.99. The Morgan fingerprint density at radius 1 is 1.21 bits per heavy atom. The average Bonchev–Trinajstić information content (AvgIpc) is 2.76. The number of anilines is 1. The lowest BCUT2D eigenvalue weighted by molar-refractivity contribution is -0.118. The summed E-state index contributed by atoms with van der Waals surface area (Å²) in [6, 6.07) is 8.99. The largest absolute Gasteiger partial charge is 0.495 e. The molecule has 1 aromatic carbocycles. The van der Waals surface area contributed by atoms with Gasteiger partial charge in [-0.05, 0) is 38.8 Å². The number of methoxy groups -OCH3 is 1. The van der Waals surface area contributed by atoms with Gasteiger partial charge in [-0.3, -0.25) is 9.78 Å². The van der Waals surface area contributed by atoms with Gasteiger partial charge in [-0.2, -0.15) is 0 Å². The standard InChI is InChI=1S/C26H33N3O4/c1-8-11-21(29-25(31)33-26(4,5)6)18-12-10-13-19(14-18)23-22(15-20(32-7)16-27-23)28-24(30)17(3)9-2/h8-10,12-17,21H,1-2,11H2,3-7H3,(H,28,30)(H,29,31). The fraction of sp³-hybridized carbons (Fsp3) is 0.346. The number of hydrogen-bond acceptors (Lipinski definition) is 5. The minimum Gasteiger partial charge on any atom is -0.495 e. The van der Waals surface area contributed by atoms with Crippen LogP contribution >= 0.6 is 0 Å². The normalized spacial score (nSPS) is 12.8. The van der Waals surface area contributed by atoms with Crippen LogP contribution in [0.5, 0.6) is 5.75 Å². The fourth-order valence-corrected chi connectivity index (χ4v) is 3.03. The van der Waals surface area contributed by atoms with Crippen molar-refractivity contribution in [2.24, 2.45) is 5.92 Å². The molecule has 2 rings (SSSR count). The van der Waals surface area contributed by atoms with E-state index in [0.29, 0.717) is 23.6 Å². The summed E-state index contributed by atoms with van der Waals surface area (Å²) in [6.07, 6.45) is 4.91. The number of ether oxygens (including phenoxy) is 2. The van der Waals surface area contributed by atoms with Crippen molar-refractivity contribution in [2.75, 3.05) is 12.4 Å². The molecule has 33 heavy (non-hydrogen) atoms. The molecular formula is C26H33N3O4. The highest BCUT2D eigenvalue weighted by molar-refractivity contribution is 5.97. The third-order valence-corrected chi connectivity index (χ3v) is 4.78. The maximum Gasteiger partial charge on any atom is 0.408 e. The molecule has 0 saturated carbocycles. The first-order chi connectivity index (χ1) is 15.6. The highest BCUT2D eigenvalue weighted by Crippen LogP contribution is 2.31. The second-order valence-corrected chi connectivity index (χ2v) is 8.63. The smallest absolute Gasteiger partial charge is 0.408 e. The SMILES string of the molecule is C=CCC(NC(=O)OC(C)(C)C)c1cccc(-c2ncc(OC)cc2NC(=O)C(C)C=C)c1. The number of nitrogens with one attached hydrogen (secondary N) is 2. The van der Waals surface area contributed by atoms with Gasteiger partial charge in [-0.25, -0.2) is 4.79 Å². The quantitative estimate of drug-likeness (QED) is 0.480. The molecule has 7 heteroatoms. The molecule has 7 nitrogen and oxygen atoms in total. The number of carbonyl (C=O) groups is 2. The van der Waals surface area contributed by atoms with Gasteiger partial charge in [0.1, 0.15) is 11.4 Å². The first-order valence-corrected chi connectivity index (χ1v) is 10.8. The number of hydrogen-bond donors (Lipinski definition) is 2. The topological polar surface area (TPSA) is 89.6 Å². The molecule has 0 spiro atoms. The van der Waals surface area contributed by atoms with E-state index in [1.165, 1.54) is 7.11 Å². The Kier molecular flexibility index (Phi) is 8.79. The van der Waals surface area contributed by atoms with E-state index in [9.17, 15) is 9.59 Å². The van der Waals surface area contributed by atoms with Crippen molar-refractivity contribution in [3.05, 3.63) is 67.4 Å². The van der Waals surface area contributed by atoms with E-state index in [0.717, 1.165) is 11.1 Å². The Labute approximate surface area is 195 Å². The van der Waals surface area contributed by atoms with Crippen LogP contribution in [0.15, 0.2) is 61.8 Å². The van der Waals surface area contributed by atoms with Crippen LogP contribution in [0, 0.1) is 5.92 Å². The molecular weight excluding hydrogens is 418 g/mol. The molecule has 0 aliphatic carbocycles. The Morgan fingerprint density at radius 3 is 2.55 bits per heavy atom. The van der Waals surface area contributed by atoms with Crippen LogP contribution in [0.3, 0.4) is 0 Å². The van der Waals surface area contributed by atoms with E-state index < -0.39 is 11.7 Å². The van der Waals surface area contributed by atoms with Gasteiger partial charge in [0.15, 0.2) is 0 Å². The van der Waals surface area contributed by atoms with Gasteiger partial charge in [-0.1, -0.05) is 37.3 Å². The molecule has 2 aromatic rings. The van der Waals surface area contributed by atoms with Crippen molar-refractivity contribution >= 4 is 17.7 Å². The van der Waals surface area contributed by atoms with Crippen LogP contribution in [0.1, 0.15) is 45.7 Å². The summed E-state index contributed by atoms with van der Waals surface area (Å²) in [5.41, 5.74) is 2.12. The maximum absolute atomic E-state index is 12.5. The molecule has 0 bridgehead atoms. The van der Waals surface area contributed by atoms with E-state index in [1.807, 2.05) is 45.0 Å². The molecule has 0 radical (unpaired) electrons. The zero-order chi connectivity index (χ0) is 24.6. The second kappa shape index (κ2) is 11.3. The van der Waals surface area contributed by atoms with Crippen molar-refractivity contribution in [2.45, 2.75) is 45.8 Å². The van der Waals surface area contributed by atoms with Crippen molar-refractivity contribution < 1.29 is 19.1 Å². The first-order valence-electron chi connectivity index (χ1n) is 10.8. The van der Waals surface area contributed by atoms with Gasteiger partial charge in [0, 0.05) is 11.6 Å². The van der Waals surface area contributed by atoms with Crippen LogP contribution in [0.2, 0.25) is 0 Å². The van der Waals surface area contributed by atoms with Gasteiger partial charge < -0.3 is 20.1 Å². The monoisotopic (exact) mass is 451 g/mol. The maximum atomic E-state index is 12.5. The van der Waals surface area contributed by atoms with Crippen LogP contribution in [-0.4, -0.2) is 29.7 Å². The average molecular weight is 452 g/mol. The number of nitrogens with zero attached hydrogens (tertiary/aromatic N) is 1. The van der Waals surface area contributed by atoms with Crippen LogP contribution in [0.4, 0.5) is 10.5 Å². The minimum absolute atomic E-state index is 0.200. The highest BCUT2D eigenvalue weighted by Gasteiger charge is 2.21. The minimum atomic E-state index is -0.604. The molecule has 176 valence electrons. The lowest BCUT2D eigenvalue weighted by Crippen LogP contribution is -2.34. The molecule has 1 aromatic heterocycles. The summed E-state index contributed by atoms with van der Waals surface area (Å²) in [6.45, 7) is 14.7. The highest BCUT2D eigenvalue weighted by atomic mass is 16.6. The molecule has 0 fully saturated rings. The van der Waals surface area contributed by atoms with E-state index in [1.54, 1.807) is 31.3 Å². The number of pyridine rings is 1. The molecule has 2 amide bonds. The zero-order valence-electron chi connectivity index (χ0n) is 20.0. The predicted molar refractivity (Wildman–Crippen MR) is 131 cm³/mol. The van der Waals surface area contributed by atoms with Gasteiger partial charge in [0.2, 0.25) is 5.91 Å². The van der Waals surface area contributed by atoms with E-state index >= 15 is 0 Å². The molecule has 2 atom stereocenters. The summed E-state index contributed by atoms with van der Waals surface area (Å²) in [5.74, 6) is -0.0495. The molecule has 0 aliphatic heterocycles. The van der Waals surface area contributed by atoms with Gasteiger partial charge in [0.25, 0.3) is 0 Å². The summed E-state index contributed by atoms with van der Waals surface area (Å²) in [7, 11) is 1.54. The first kappa shape index (κ1) is 25.6. The number of amides is 2. The fourth-order valence-electron chi connectivity index (χ4n) is 3.03. The summed E-state index contributed by atoms with van der Waals surface area (Å²) in [5, 5.41) is 5.81. The zero-order valence-corrected chi connectivity index (χ0v) is 20.0.